The molecule has 3 nitrogen and oxygen atoms in total. The Morgan fingerprint density at radius 1 is 1.50 bits per heavy atom. The third kappa shape index (κ3) is 1.71. The number of halogens is 1. The summed E-state index contributed by atoms with van der Waals surface area (Å²) in [5, 5.41) is 3.41. The summed E-state index contributed by atoms with van der Waals surface area (Å²) in [6.45, 7) is 1.05. The molecule has 1 aliphatic heterocycles. The van der Waals surface area contributed by atoms with Gasteiger partial charge in [0.1, 0.15) is 4.60 Å². The van der Waals surface area contributed by atoms with Gasteiger partial charge >= 0.3 is 0 Å². The van der Waals surface area contributed by atoms with Gasteiger partial charge in [0, 0.05) is 20.6 Å². The van der Waals surface area contributed by atoms with E-state index in [0.29, 0.717) is 0 Å². The largest absolute Gasteiger partial charge is 0.382 e. The first-order chi connectivity index (χ1) is 6.68. The lowest BCUT2D eigenvalue weighted by Gasteiger charge is -2.24. The van der Waals surface area contributed by atoms with Crippen LogP contribution in [0.15, 0.2) is 10.7 Å². The number of aryl methyl sites for hydroxylation is 1. The van der Waals surface area contributed by atoms with Crippen molar-refractivity contribution in [2.75, 3.05) is 30.9 Å². The summed E-state index contributed by atoms with van der Waals surface area (Å²) in [7, 11) is 4.11. The highest BCUT2D eigenvalue weighted by atomic mass is 79.9. The highest BCUT2D eigenvalue weighted by Crippen LogP contribution is 2.32. The molecule has 2 rings (SSSR count). The van der Waals surface area contributed by atoms with Crippen molar-refractivity contribution >= 4 is 27.3 Å². The second kappa shape index (κ2) is 3.77. The molecule has 0 unspecified atom stereocenters. The number of nitrogens with one attached hydrogen (secondary N) is 1. The molecule has 0 atom stereocenters. The van der Waals surface area contributed by atoms with E-state index in [-0.39, 0.29) is 0 Å². The molecule has 0 spiro atoms. The van der Waals surface area contributed by atoms with E-state index in [9.17, 15) is 0 Å². The van der Waals surface area contributed by atoms with E-state index < -0.39 is 0 Å². The van der Waals surface area contributed by atoms with Gasteiger partial charge in [0.2, 0.25) is 0 Å². The first-order valence-electron chi connectivity index (χ1n) is 4.79. The normalized spacial score (nSPS) is 14.5. The summed E-state index contributed by atoms with van der Waals surface area (Å²) in [6.07, 6.45) is 2.24. The average Bonchev–Trinajstić information content (AvgIpc) is 2.16. The van der Waals surface area contributed by atoms with Gasteiger partial charge in [0.05, 0.1) is 17.1 Å². The van der Waals surface area contributed by atoms with Crippen LogP contribution in [-0.2, 0) is 6.42 Å². The van der Waals surface area contributed by atoms with Gasteiger partial charge in [-0.15, -0.1) is 0 Å². The Labute approximate surface area is 92.6 Å². The molecular weight excluding hydrogens is 242 g/mol. The predicted octanol–water partition coefficient (Wildman–Crippen LogP) is 2.27. The lowest BCUT2D eigenvalue weighted by atomic mass is 10.1. The van der Waals surface area contributed by atoms with Gasteiger partial charge in [-0.3, -0.25) is 0 Å². The Hall–Kier alpha value is -0.770. The Kier molecular flexibility index (Phi) is 2.63. The van der Waals surface area contributed by atoms with Crippen molar-refractivity contribution in [3.8, 4) is 0 Å². The molecule has 0 aliphatic carbocycles. The Balaban J connectivity index is 2.52. The summed E-state index contributed by atoms with van der Waals surface area (Å²) in [5.74, 6) is 0. The average molecular weight is 256 g/mol. The summed E-state index contributed by atoms with van der Waals surface area (Å²) >= 11 is 3.44. The molecule has 2 heterocycles. The van der Waals surface area contributed by atoms with Crippen LogP contribution < -0.4 is 10.2 Å². The number of hydrogen-bond acceptors (Lipinski definition) is 3. The minimum Gasteiger partial charge on any atom is -0.382 e. The molecule has 0 saturated carbocycles. The van der Waals surface area contributed by atoms with Crippen LogP contribution in [0.4, 0.5) is 11.4 Å². The molecule has 1 aromatic rings. The van der Waals surface area contributed by atoms with Crippen LogP contribution in [0.2, 0.25) is 0 Å². The molecule has 1 aromatic heterocycles. The van der Waals surface area contributed by atoms with Crippen LogP contribution in [-0.4, -0.2) is 25.6 Å². The number of anilines is 2. The monoisotopic (exact) mass is 255 g/mol. The van der Waals surface area contributed by atoms with Gasteiger partial charge < -0.3 is 10.2 Å². The van der Waals surface area contributed by atoms with Crippen molar-refractivity contribution < 1.29 is 0 Å². The molecule has 4 heteroatoms. The Bertz CT molecular complexity index is 349. The van der Waals surface area contributed by atoms with E-state index in [0.717, 1.165) is 17.6 Å². The Morgan fingerprint density at radius 3 is 3.00 bits per heavy atom. The molecule has 0 radical (unpaired) electrons. The molecule has 14 heavy (non-hydrogen) atoms. The fraction of sp³-hybridized carbons (Fsp3) is 0.500. The Morgan fingerprint density at radius 2 is 2.29 bits per heavy atom. The fourth-order valence-corrected chi connectivity index (χ4v) is 2.18. The molecular formula is C10H14BrN3. The maximum absolute atomic E-state index is 4.48. The highest BCUT2D eigenvalue weighted by Gasteiger charge is 2.16. The molecule has 1 aliphatic rings. The SMILES string of the molecule is CN(C)c1cc(Br)nc2c1NCCC2. The number of rotatable bonds is 1. The number of nitrogens with zero attached hydrogens (tertiary/aromatic N) is 2. The van der Waals surface area contributed by atoms with Gasteiger partial charge in [-0.25, -0.2) is 4.98 Å². The zero-order valence-corrected chi connectivity index (χ0v) is 10.1. The zero-order valence-electron chi connectivity index (χ0n) is 8.47. The first kappa shape index (κ1) is 9.77. The molecule has 0 amide bonds. The number of fused-ring (bicyclic) bond motifs is 1. The number of pyridine rings is 1. The van der Waals surface area contributed by atoms with Crippen LogP contribution in [0.3, 0.4) is 0 Å². The van der Waals surface area contributed by atoms with E-state index in [4.69, 9.17) is 0 Å². The van der Waals surface area contributed by atoms with E-state index in [1.165, 1.54) is 23.5 Å². The van der Waals surface area contributed by atoms with Crippen molar-refractivity contribution in [1.29, 1.82) is 0 Å². The maximum atomic E-state index is 4.48. The first-order valence-corrected chi connectivity index (χ1v) is 5.58. The molecule has 0 saturated heterocycles. The summed E-state index contributed by atoms with van der Waals surface area (Å²) in [4.78, 5) is 6.60. The number of hydrogen-bond donors (Lipinski definition) is 1. The van der Waals surface area contributed by atoms with Crippen molar-refractivity contribution in [3.63, 3.8) is 0 Å². The van der Waals surface area contributed by atoms with Crippen molar-refractivity contribution in [2.45, 2.75) is 12.8 Å². The third-order valence-corrected chi connectivity index (χ3v) is 2.82. The van der Waals surface area contributed by atoms with E-state index in [2.05, 4.69) is 51.3 Å². The minimum absolute atomic E-state index is 0.920. The van der Waals surface area contributed by atoms with Crippen molar-refractivity contribution in [2.24, 2.45) is 0 Å². The summed E-state index contributed by atoms with van der Waals surface area (Å²) in [5.41, 5.74) is 3.58. The van der Waals surface area contributed by atoms with Crippen LogP contribution in [0.5, 0.6) is 0 Å². The van der Waals surface area contributed by atoms with Crippen LogP contribution in [0.1, 0.15) is 12.1 Å². The van der Waals surface area contributed by atoms with Crippen LogP contribution >= 0.6 is 15.9 Å². The van der Waals surface area contributed by atoms with E-state index in [1.807, 2.05) is 0 Å². The van der Waals surface area contributed by atoms with Gasteiger partial charge in [0.25, 0.3) is 0 Å². The van der Waals surface area contributed by atoms with Crippen molar-refractivity contribution in [3.05, 3.63) is 16.4 Å². The lowest BCUT2D eigenvalue weighted by Crippen LogP contribution is -2.19. The van der Waals surface area contributed by atoms with Gasteiger partial charge in [-0.1, -0.05) is 0 Å². The minimum atomic E-state index is 0.920. The molecule has 1 N–H and O–H groups in total. The number of aromatic nitrogens is 1. The highest BCUT2D eigenvalue weighted by molar-refractivity contribution is 9.10. The molecule has 0 bridgehead atoms. The molecule has 0 fully saturated rings. The second-order valence-electron chi connectivity index (χ2n) is 3.71. The quantitative estimate of drug-likeness (QED) is 0.781. The smallest absolute Gasteiger partial charge is 0.108 e. The topological polar surface area (TPSA) is 28.2 Å². The predicted molar refractivity (Wildman–Crippen MR) is 63.1 cm³/mol. The van der Waals surface area contributed by atoms with E-state index in [1.54, 1.807) is 0 Å². The molecule has 0 aromatic carbocycles. The maximum Gasteiger partial charge on any atom is 0.108 e. The van der Waals surface area contributed by atoms with Gasteiger partial charge in [-0.2, -0.15) is 0 Å². The van der Waals surface area contributed by atoms with Crippen LogP contribution in [0.25, 0.3) is 0 Å². The van der Waals surface area contributed by atoms with Gasteiger partial charge in [0.15, 0.2) is 0 Å². The van der Waals surface area contributed by atoms with Crippen LogP contribution in [0, 0.1) is 0 Å². The van der Waals surface area contributed by atoms with E-state index >= 15 is 0 Å². The lowest BCUT2D eigenvalue weighted by molar-refractivity contribution is 0.797. The zero-order chi connectivity index (χ0) is 10.1. The van der Waals surface area contributed by atoms with Crippen molar-refractivity contribution in [1.82, 2.24) is 4.98 Å². The third-order valence-electron chi connectivity index (χ3n) is 2.42. The fourth-order valence-electron chi connectivity index (χ4n) is 1.75. The molecule has 76 valence electrons. The second-order valence-corrected chi connectivity index (χ2v) is 4.52. The van der Waals surface area contributed by atoms with Gasteiger partial charge in [-0.05, 0) is 34.8 Å². The standard InChI is InChI=1S/C10H14BrN3/c1-14(2)8-6-9(11)13-7-4-3-5-12-10(7)8/h6,12H,3-5H2,1-2H3. The summed E-state index contributed by atoms with van der Waals surface area (Å²) < 4.78 is 0.920. The summed E-state index contributed by atoms with van der Waals surface area (Å²) in [6, 6.07) is 2.05.